The van der Waals surface area contributed by atoms with E-state index in [2.05, 4.69) is 20.9 Å². The zero-order chi connectivity index (χ0) is 10.4. The monoisotopic (exact) mass is 265 g/mol. The molecule has 76 valence electrons. The van der Waals surface area contributed by atoms with E-state index in [0.29, 0.717) is 4.47 Å². The fraction of sp³-hybridized carbons (Fsp3) is 0.444. The van der Waals surface area contributed by atoms with Crippen LogP contribution in [-0.2, 0) is 5.41 Å². The Kier molecular flexibility index (Phi) is 2.10. The predicted octanol–water partition coefficient (Wildman–Crippen LogP) is 3.44. The van der Waals surface area contributed by atoms with E-state index < -0.39 is 11.6 Å². The molecule has 0 N–H and O–H groups in total. The van der Waals surface area contributed by atoms with Crippen molar-refractivity contribution in [3.63, 3.8) is 0 Å². The smallest absolute Gasteiger partial charge is 0.263 e. The molecule has 1 aliphatic carbocycles. The maximum Gasteiger partial charge on any atom is 0.398 e. The summed E-state index contributed by atoms with van der Waals surface area (Å²) in [5.74, 6) is 0. The summed E-state index contributed by atoms with van der Waals surface area (Å²) >= 11 is 3.12. The summed E-state index contributed by atoms with van der Waals surface area (Å²) < 4.78 is 38.6. The second-order valence-corrected chi connectivity index (χ2v) is 4.39. The van der Waals surface area contributed by atoms with Crippen LogP contribution < -0.4 is 0 Å². The van der Waals surface area contributed by atoms with E-state index in [0.717, 1.165) is 0 Å². The molecule has 1 nitrogen and oxygen atoms in total. The third kappa shape index (κ3) is 1.43. The van der Waals surface area contributed by atoms with Crippen LogP contribution in [0.1, 0.15) is 18.4 Å². The fourth-order valence-corrected chi connectivity index (χ4v) is 1.90. The van der Waals surface area contributed by atoms with E-state index >= 15 is 0 Å². The number of hydrogen-bond acceptors (Lipinski definition) is 1. The molecule has 1 saturated carbocycles. The van der Waals surface area contributed by atoms with Gasteiger partial charge in [-0.2, -0.15) is 13.2 Å². The van der Waals surface area contributed by atoms with Gasteiger partial charge in [0.15, 0.2) is 0 Å². The Balaban J connectivity index is 2.41. The lowest BCUT2D eigenvalue weighted by Crippen LogP contribution is -2.28. The van der Waals surface area contributed by atoms with E-state index in [4.69, 9.17) is 0 Å². The summed E-state index contributed by atoms with van der Waals surface area (Å²) in [6.45, 7) is 0. The lowest BCUT2D eigenvalue weighted by Gasteiger charge is -2.19. The van der Waals surface area contributed by atoms with Crippen LogP contribution in [0.4, 0.5) is 13.2 Å². The lowest BCUT2D eigenvalue weighted by molar-refractivity contribution is -0.160. The number of alkyl halides is 3. The Bertz CT molecular complexity index is 357. The molecular weight excluding hydrogens is 259 g/mol. The van der Waals surface area contributed by atoms with E-state index in [1.54, 1.807) is 0 Å². The van der Waals surface area contributed by atoms with Crippen LogP contribution in [0.15, 0.2) is 22.9 Å². The molecule has 1 fully saturated rings. The van der Waals surface area contributed by atoms with Crippen molar-refractivity contribution in [2.45, 2.75) is 24.4 Å². The van der Waals surface area contributed by atoms with Gasteiger partial charge in [0.25, 0.3) is 0 Å². The van der Waals surface area contributed by atoms with E-state index in [1.807, 2.05) is 0 Å². The van der Waals surface area contributed by atoms with Crippen LogP contribution >= 0.6 is 15.9 Å². The van der Waals surface area contributed by atoms with E-state index in [1.165, 1.54) is 18.5 Å². The minimum Gasteiger partial charge on any atom is -0.263 e. The number of rotatable bonds is 1. The van der Waals surface area contributed by atoms with Crippen LogP contribution in [0.5, 0.6) is 0 Å². The van der Waals surface area contributed by atoms with Crippen molar-refractivity contribution in [1.29, 1.82) is 0 Å². The van der Waals surface area contributed by atoms with Gasteiger partial charge in [0.2, 0.25) is 0 Å². The van der Waals surface area contributed by atoms with Crippen molar-refractivity contribution < 1.29 is 13.2 Å². The standard InChI is InChI=1S/C9H7BrF3N/c10-7-3-6(4-14-5-7)8(1-2-8)9(11,12)13/h3-5H,1-2H2. The van der Waals surface area contributed by atoms with Crippen LogP contribution in [-0.4, -0.2) is 11.2 Å². The second kappa shape index (κ2) is 2.95. The van der Waals surface area contributed by atoms with Gasteiger partial charge in [-0.3, -0.25) is 4.98 Å². The first-order valence-corrected chi connectivity index (χ1v) is 4.93. The molecule has 5 heteroatoms. The molecule has 0 saturated heterocycles. The molecule has 0 spiro atoms. The average Bonchev–Trinajstić information content (AvgIpc) is 2.82. The van der Waals surface area contributed by atoms with Crippen molar-refractivity contribution >= 4 is 15.9 Å². The average molecular weight is 266 g/mol. The summed E-state index contributed by atoms with van der Waals surface area (Å²) in [6.07, 6.45) is -1.03. The molecule has 0 unspecified atom stereocenters. The molecule has 0 bridgehead atoms. The highest BCUT2D eigenvalue weighted by molar-refractivity contribution is 9.10. The Hall–Kier alpha value is -0.580. The third-order valence-electron chi connectivity index (χ3n) is 2.55. The highest BCUT2D eigenvalue weighted by atomic mass is 79.9. The molecular formula is C9H7BrF3N. The summed E-state index contributed by atoms with van der Waals surface area (Å²) in [5, 5.41) is 0. The maximum atomic E-state index is 12.7. The molecule has 1 aromatic heterocycles. The van der Waals surface area contributed by atoms with Gasteiger partial charge in [0.1, 0.15) is 0 Å². The molecule has 1 aromatic rings. The van der Waals surface area contributed by atoms with Crippen LogP contribution in [0.3, 0.4) is 0 Å². The Morgan fingerprint density at radius 2 is 1.93 bits per heavy atom. The molecule has 0 radical (unpaired) electrons. The summed E-state index contributed by atoms with van der Waals surface area (Å²) in [4.78, 5) is 3.76. The van der Waals surface area contributed by atoms with Crippen molar-refractivity contribution in [3.05, 3.63) is 28.5 Å². The number of halogens is 4. The predicted molar refractivity (Wildman–Crippen MR) is 48.9 cm³/mol. The minimum atomic E-state index is -4.16. The van der Waals surface area contributed by atoms with Crippen molar-refractivity contribution in [2.75, 3.05) is 0 Å². The summed E-state index contributed by atoms with van der Waals surface area (Å²) in [5.41, 5.74) is -1.36. The van der Waals surface area contributed by atoms with Gasteiger partial charge >= 0.3 is 6.18 Å². The van der Waals surface area contributed by atoms with Crippen molar-refractivity contribution in [3.8, 4) is 0 Å². The Morgan fingerprint density at radius 1 is 1.29 bits per heavy atom. The molecule has 0 amide bonds. The number of pyridine rings is 1. The third-order valence-corrected chi connectivity index (χ3v) is 2.98. The van der Waals surface area contributed by atoms with E-state index in [-0.39, 0.29) is 18.4 Å². The quantitative estimate of drug-likeness (QED) is 0.758. The Labute approximate surface area is 87.5 Å². The van der Waals surface area contributed by atoms with Gasteiger partial charge in [-0.25, -0.2) is 0 Å². The first-order valence-electron chi connectivity index (χ1n) is 4.13. The SMILES string of the molecule is FC(F)(F)C1(c2cncc(Br)c2)CC1. The maximum absolute atomic E-state index is 12.7. The Morgan fingerprint density at radius 3 is 2.36 bits per heavy atom. The summed E-state index contributed by atoms with van der Waals surface area (Å²) in [7, 11) is 0. The topological polar surface area (TPSA) is 12.9 Å². The lowest BCUT2D eigenvalue weighted by atomic mass is 9.97. The van der Waals surface area contributed by atoms with Crippen LogP contribution in [0.2, 0.25) is 0 Å². The van der Waals surface area contributed by atoms with Gasteiger partial charge in [0, 0.05) is 16.9 Å². The number of aromatic nitrogens is 1. The molecule has 0 aromatic carbocycles. The van der Waals surface area contributed by atoms with E-state index in [9.17, 15) is 13.2 Å². The molecule has 2 rings (SSSR count). The van der Waals surface area contributed by atoms with Gasteiger partial charge in [-0.1, -0.05) is 0 Å². The zero-order valence-corrected chi connectivity index (χ0v) is 8.69. The largest absolute Gasteiger partial charge is 0.398 e. The molecule has 1 aliphatic rings. The highest BCUT2D eigenvalue weighted by Gasteiger charge is 2.64. The van der Waals surface area contributed by atoms with Crippen molar-refractivity contribution in [1.82, 2.24) is 4.98 Å². The number of hydrogen-bond donors (Lipinski definition) is 0. The second-order valence-electron chi connectivity index (χ2n) is 3.47. The molecule has 0 atom stereocenters. The highest BCUT2D eigenvalue weighted by Crippen LogP contribution is 2.58. The summed E-state index contributed by atoms with van der Waals surface area (Å²) in [6, 6.07) is 1.49. The van der Waals surface area contributed by atoms with Gasteiger partial charge in [0.05, 0.1) is 5.41 Å². The first kappa shape index (κ1) is 9.96. The fourth-order valence-electron chi connectivity index (χ4n) is 1.53. The van der Waals surface area contributed by atoms with Gasteiger partial charge in [-0.15, -0.1) is 0 Å². The molecule has 0 aliphatic heterocycles. The molecule has 14 heavy (non-hydrogen) atoms. The normalized spacial score (nSPS) is 19.4. The first-order chi connectivity index (χ1) is 6.46. The van der Waals surface area contributed by atoms with Crippen LogP contribution in [0, 0.1) is 0 Å². The van der Waals surface area contributed by atoms with Crippen molar-refractivity contribution in [2.24, 2.45) is 0 Å². The zero-order valence-electron chi connectivity index (χ0n) is 7.11. The minimum absolute atomic E-state index is 0.175. The van der Waals surface area contributed by atoms with Gasteiger partial charge < -0.3 is 0 Å². The van der Waals surface area contributed by atoms with Gasteiger partial charge in [-0.05, 0) is 40.4 Å². The van der Waals surface area contributed by atoms with Crippen LogP contribution in [0.25, 0.3) is 0 Å². The molecule has 1 heterocycles. The number of nitrogens with zero attached hydrogens (tertiary/aromatic N) is 1.